The molecule has 10 aromatic rings. The van der Waals surface area contributed by atoms with E-state index in [0.717, 1.165) is 147 Å². The highest BCUT2D eigenvalue weighted by molar-refractivity contribution is 6.04. The third-order valence-corrected chi connectivity index (χ3v) is 13.5. The lowest BCUT2D eigenvalue weighted by Crippen LogP contribution is -2.09. The fourth-order valence-corrected chi connectivity index (χ4v) is 9.87. The minimum absolute atomic E-state index is 0.414. The van der Waals surface area contributed by atoms with Gasteiger partial charge in [-0.05, 0) is 187 Å². The molecule has 23 heterocycles. The zero-order chi connectivity index (χ0) is 50.4. The van der Waals surface area contributed by atoms with Crippen molar-refractivity contribution < 1.29 is 28.4 Å². The van der Waals surface area contributed by atoms with Crippen molar-refractivity contribution in [3.8, 4) is 90.4 Å². The van der Waals surface area contributed by atoms with Crippen LogP contribution >= 0.6 is 0 Å². The second-order valence-electron chi connectivity index (χ2n) is 18.8. The van der Waals surface area contributed by atoms with Gasteiger partial charge < -0.3 is 28.4 Å². The van der Waals surface area contributed by atoms with Crippen LogP contribution < -0.4 is 28.4 Å². The van der Waals surface area contributed by atoms with Crippen molar-refractivity contribution in [1.82, 2.24) is 15.0 Å². The zero-order valence-corrected chi connectivity index (χ0v) is 42.2. The average molecular weight is 976 g/mol. The first-order valence-corrected chi connectivity index (χ1v) is 25.3. The van der Waals surface area contributed by atoms with E-state index in [1.807, 2.05) is 73.1 Å². The van der Waals surface area contributed by atoms with Gasteiger partial charge in [0.05, 0.1) is 35.6 Å². The van der Waals surface area contributed by atoms with Gasteiger partial charge in [-0.1, -0.05) is 72.8 Å². The maximum Gasteiger partial charge on any atom is 0.122 e. The van der Waals surface area contributed by atoms with E-state index >= 15 is 0 Å². The van der Waals surface area contributed by atoms with Crippen LogP contribution in [-0.2, 0) is 0 Å². The van der Waals surface area contributed by atoms with Gasteiger partial charge in [-0.15, -0.1) is 0 Å². The van der Waals surface area contributed by atoms with E-state index in [2.05, 4.69) is 131 Å². The maximum atomic E-state index is 6.21. The molecule has 0 radical (unpaired) electrons. The molecule has 0 N–H and O–H groups in total. The number of pyridine rings is 3. The van der Waals surface area contributed by atoms with E-state index in [0.29, 0.717) is 39.6 Å². The zero-order valence-electron chi connectivity index (χ0n) is 42.2. The molecule has 9 nitrogen and oxygen atoms in total. The van der Waals surface area contributed by atoms with Gasteiger partial charge in [-0.25, -0.2) is 4.98 Å². The van der Waals surface area contributed by atoms with Crippen molar-refractivity contribution in [2.45, 2.75) is 40.5 Å². The standard InChI is InChI=1S/C65H57N3O6/c1-42-35-58-36-43(2)62(42)52-18-27-60(66-40-52)61-28-17-50-7-8-51-39-53(41-67-64(51)65(50)68-61)63-44(3)37-59(38-45(63)4)74-34-32-72-57-25-15-49(16-26-57)47-11-21-55(22-12-47)70-30-6-5-29-69-54-19-9-46(10-20-54)48-13-23-56(24-14-48)71-31-33-73-58/h7-28,35-41H,5-6,29-34H2,1-4H3. The number of rotatable bonds is 0. The van der Waals surface area contributed by atoms with Gasteiger partial charge in [-0.3, -0.25) is 9.97 Å². The Morgan fingerprint density at radius 1 is 0.297 bits per heavy atom. The Morgan fingerprint density at radius 3 is 1.11 bits per heavy atom. The third-order valence-electron chi connectivity index (χ3n) is 13.5. The highest BCUT2D eigenvalue weighted by atomic mass is 16.5. The lowest BCUT2D eigenvalue weighted by molar-refractivity contribution is 0.217. The number of nitrogens with zero attached hydrogens (tertiary/aromatic N) is 3. The van der Waals surface area contributed by atoms with Crippen LogP contribution in [0.2, 0.25) is 0 Å². The molecule has 0 aliphatic carbocycles. The Hall–Kier alpha value is -8.69. The summed E-state index contributed by atoms with van der Waals surface area (Å²) in [6.07, 6.45) is 5.66. The van der Waals surface area contributed by atoms with Crippen LogP contribution in [0.1, 0.15) is 35.1 Å². The van der Waals surface area contributed by atoms with E-state index < -0.39 is 0 Å². The first-order chi connectivity index (χ1) is 36.3. The predicted octanol–water partition coefficient (Wildman–Crippen LogP) is 15.2. The lowest BCUT2D eigenvalue weighted by Gasteiger charge is -2.15. The predicted molar refractivity (Wildman–Crippen MR) is 296 cm³/mol. The van der Waals surface area contributed by atoms with Crippen molar-refractivity contribution in [3.05, 3.63) is 198 Å². The number of aromatic nitrogens is 3. The van der Waals surface area contributed by atoms with Crippen LogP contribution in [0.15, 0.2) is 176 Å². The van der Waals surface area contributed by atoms with E-state index in [4.69, 9.17) is 43.4 Å². The SMILES string of the molecule is Cc1cc2cc(C)c1-c1ccc(nc1)-c1ccc3ccc4cc(cnc4c3n1)-c1c(C)cc(cc1C)OCCOc1ccc(cc1)-c1ccc(cc1)OCCCCOc1ccc(cc1)-c1ccc(cc1)OCCO2. The van der Waals surface area contributed by atoms with Crippen molar-refractivity contribution in [1.29, 1.82) is 0 Å². The second kappa shape index (κ2) is 21.6. The molecule has 7 aromatic carbocycles. The van der Waals surface area contributed by atoms with Gasteiger partial charge in [0.15, 0.2) is 0 Å². The fraction of sp³-hybridized carbons (Fsp3) is 0.185. The lowest BCUT2D eigenvalue weighted by atomic mass is 9.95. The van der Waals surface area contributed by atoms with Crippen LogP contribution in [0, 0.1) is 27.7 Å². The van der Waals surface area contributed by atoms with Crippen LogP contribution in [-0.4, -0.2) is 54.6 Å². The molecule has 0 saturated carbocycles. The summed E-state index contributed by atoms with van der Waals surface area (Å²) in [5.74, 6) is 4.89. The number of benzene rings is 7. The molecule has 20 aliphatic rings. The van der Waals surface area contributed by atoms with Gasteiger partial charge in [0.2, 0.25) is 0 Å². The van der Waals surface area contributed by atoms with Gasteiger partial charge in [0.25, 0.3) is 0 Å². The largest absolute Gasteiger partial charge is 0.494 e. The van der Waals surface area contributed by atoms with Crippen LogP contribution in [0.4, 0.5) is 0 Å². The molecule has 0 unspecified atom stereocenters. The fourth-order valence-electron chi connectivity index (χ4n) is 9.87. The highest BCUT2D eigenvalue weighted by Crippen LogP contribution is 2.36. The van der Waals surface area contributed by atoms with Gasteiger partial charge >= 0.3 is 0 Å². The minimum atomic E-state index is 0.414. The quantitative estimate of drug-likeness (QED) is 0.138. The molecular formula is C65H57N3O6. The molecule has 0 fully saturated rings. The second-order valence-corrected chi connectivity index (χ2v) is 18.8. The molecule has 74 heavy (non-hydrogen) atoms. The molecule has 0 spiro atoms. The van der Waals surface area contributed by atoms with Gasteiger partial charge in [0, 0.05) is 34.3 Å². The van der Waals surface area contributed by atoms with E-state index in [9.17, 15) is 0 Å². The monoisotopic (exact) mass is 975 g/mol. The summed E-state index contributed by atoms with van der Waals surface area (Å²) in [6.45, 7) is 11.4. The molecule has 368 valence electrons. The first-order valence-electron chi connectivity index (χ1n) is 25.3. The molecule has 9 heteroatoms. The van der Waals surface area contributed by atoms with E-state index in [1.54, 1.807) is 0 Å². The summed E-state index contributed by atoms with van der Waals surface area (Å²) in [5.41, 5.74) is 16.5. The third kappa shape index (κ3) is 10.7. The number of ether oxygens (including phenoxy) is 6. The maximum absolute atomic E-state index is 6.21. The summed E-state index contributed by atoms with van der Waals surface area (Å²) in [5, 5.41) is 2.04. The summed E-state index contributed by atoms with van der Waals surface area (Å²) < 4.78 is 36.7. The van der Waals surface area contributed by atoms with Crippen LogP contribution in [0.25, 0.3) is 77.7 Å². The number of aryl methyl sites for hydroxylation is 4. The summed E-state index contributed by atoms with van der Waals surface area (Å²) >= 11 is 0. The molecule has 20 aliphatic heterocycles. The molecule has 30 rings (SSSR count). The number of hydrogen-bond acceptors (Lipinski definition) is 9. The van der Waals surface area contributed by atoms with Crippen molar-refractivity contribution >= 4 is 21.8 Å². The van der Waals surface area contributed by atoms with Crippen LogP contribution in [0.3, 0.4) is 0 Å². The summed E-state index contributed by atoms with van der Waals surface area (Å²) in [6, 6.07) is 55.8. The molecule has 19 bridgehead atoms. The Balaban J connectivity index is 0.804. The molecule has 3 aromatic heterocycles. The van der Waals surface area contributed by atoms with Crippen molar-refractivity contribution in [3.63, 3.8) is 0 Å². The van der Waals surface area contributed by atoms with Gasteiger partial charge in [-0.2, -0.15) is 0 Å². The number of hydrogen-bond donors (Lipinski definition) is 0. The summed E-state index contributed by atoms with van der Waals surface area (Å²) in [7, 11) is 0. The molecule has 0 saturated heterocycles. The molecule has 0 amide bonds. The van der Waals surface area contributed by atoms with E-state index in [1.165, 1.54) is 0 Å². The highest BCUT2D eigenvalue weighted by Gasteiger charge is 2.15. The molecular weight excluding hydrogens is 919 g/mol. The topological polar surface area (TPSA) is 94.1 Å². The normalized spacial score (nSPS) is 13.4. The van der Waals surface area contributed by atoms with Crippen LogP contribution in [0.5, 0.6) is 34.5 Å². The van der Waals surface area contributed by atoms with Gasteiger partial charge in [0.1, 0.15) is 60.9 Å². The van der Waals surface area contributed by atoms with E-state index in [-0.39, 0.29) is 0 Å². The first kappa shape index (κ1) is 47.6. The summed E-state index contributed by atoms with van der Waals surface area (Å²) in [4.78, 5) is 15.1. The van der Waals surface area contributed by atoms with Crippen molar-refractivity contribution in [2.24, 2.45) is 0 Å². The Morgan fingerprint density at radius 2 is 0.662 bits per heavy atom. The average Bonchev–Trinajstić information content (AvgIpc) is 3.42. The Bertz CT molecular complexity index is 3530. The molecule has 0 atom stereocenters. The van der Waals surface area contributed by atoms with Crippen molar-refractivity contribution in [2.75, 3.05) is 39.6 Å². The minimum Gasteiger partial charge on any atom is -0.494 e. The Kier molecular flexibility index (Phi) is 13.9. The smallest absolute Gasteiger partial charge is 0.122 e. The Labute approximate surface area is 432 Å².